The predicted octanol–water partition coefficient (Wildman–Crippen LogP) is 1.51. The van der Waals surface area contributed by atoms with E-state index in [0.29, 0.717) is 0 Å². The Morgan fingerprint density at radius 2 is 2.30 bits per heavy atom. The zero-order valence-electron chi connectivity index (χ0n) is 6.46. The fraction of sp³-hybridized carbons (Fsp3) is 0.857. The molecular weight excluding hydrogens is 148 g/mol. The molecule has 0 radical (unpaired) electrons. The van der Waals surface area contributed by atoms with Gasteiger partial charge >= 0.3 is 5.97 Å². The van der Waals surface area contributed by atoms with Crippen molar-refractivity contribution in [3.05, 3.63) is 0 Å². The molecule has 0 aromatic carbocycles. The summed E-state index contributed by atoms with van der Waals surface area (Å²) in [7, 11) is 1.42. The maximum absolute atomic E-state index is 10.9. The lowest BCUT2D eigenvalue weighted by molar-refractivity contribution is -0.145. The van der Waals surface area contributed by atoms with E-state index in [4.69, 9.17) is 0 Å². The number of ether oxygens (including phenoxy) is 1. The molecule has 0 saturated heterocycles. The largest absolute Gasteiger partial charge is 0.469 e. The second-order valence-electron chi connectivity index (χ2n) is 2.14. The number of hydrogen-bond acceptors (Lipinski definition) is 3. The molecule has 0 saturated carbocycles. The topological polar surface area (TPSA) is 26.3 Å². The molecule has 0 spiro atoms. The van der Waals surface area contributed by atoms with Gasteiger partial charge in [-0.2, -0.15) is 12.6 Å². The summed E-state index contributed by atoms with van der Waals surface area (Å²) in [5, 5.41) is 0. The van der Waals surface area contributed by atoms with Crippen LogP contribution in [0.1, 0.15) is 19.8 Å². The van der Waals surface area contributed by atoms with E-state index in [0.717, 1.165) is 18.6 Å². The van der Waals surface area contributed by atoms with E-state index in [1.807, 2.05) is 6.92 Å². The molecule has 0 bridgehead atoms. The highest BCUT2D eigenvalue weighted by Crippen LogP contribution is 2.10. The smallest absolute Gasteiger partial charge is 0.308 e. The Bertz CT molecular complexity index is 104. The van der Waals surface area contributed by atoms with Crippen LogP contribution in [0.3, 0.4) is 0 Å². The summed E-state index contributed by atoms with van der Waals surface area (Å²) in [4.78, 5) is 10.9. The highest BCUT2D eigenvalue weighted by Gasteiger charge is 2.14. The van der Waals surface area contributed by atoms with Crippen LogP contribution in [0.5, 0.6) is 0 Å². The molecule has 0 N–H and O–H groups in total. The van der Waals surface area contributed by atoms with Gasteiger partial charge in [-0.15, -0.1) is 0 Å². The molecule has 0 aliphatic rings. The summed E-state index contributed by atoms with van der Waals surface area (Å²) in [5.41, 5.74) is 0. The molecule has 0 aromatic rings. The summed E-state index contributed by atoms with van der Waals surface area (Å²) < 4.78 is 4.58. The third-order valence-corrected chi connectivity index (χ3v) is 1.76. The van der Waals surface area contributed by atoms with Gasteiger partial charge in [-0.3, -0.25) is 4.79 Å². The van der Waals surface area contributed by atoms with Gasteiger partial charge in [-0.1, -0.05) is 6.92 Å². The summed E-state index contributed by atoms with van der Waals surface area (Å²) >= 11 is 4.04. The molecule has 2 nitrogen and oxygen atoms in total. The molecular formula is C7H14O2S. The summed E-state index contributed by atoms with van der Waals surface area (Å²) in [6.45, 7) is 1.98. The standard InChI is InChI=1S/C7H14O2S/c1-3-6(4-5-10)7(8)9-2/h6,10H,3-5H2,1-2H3. The molecule has 0 aliphatic heterocycles. The minimum Gasteiger partial charge on any atom is -0.469 e. The van der Waals surface area contributed by atoms with Crippen LogP contribution in [-0.4, -0.2) is 18.8 Å². The minimum absolute atomic E-state index is 0.0440. The Kier molecular flexibility index (Phi) is 5.49. The molecule has 0 heterocycles. The Labute approximate surface area is 67.4 Å². The number of carbonyl (C=O) groups excluding carboxylic acids is 1. The zero-order chi connectivity index (χ0) is 7.98. The van der Waals surface area contributed by atoms with Crippen molar-refractivity contribution in [2.24, 2.45) is 5.92 Å². The first-order valence-corrected chi connectivity index (χ1v) is 4.08. The van der Waals surface area contributed by atoms with Gasteiger partial charge < -0.3 is 4.74 Å². The maximum atomic E-state index is 10.9. The first kappa shape index (κ1) is 9.82. The monoisotopic (exact) mass is 162 g/mol. The van der Waals surface area contributed by atoms with Crippen LogP contribution in [0.25, 0.3) is 0 Å². The highest BCUT2D eigenvalue weighted by molar-refractivity contribution is 7.80. The fourth-order valence-electron chi connectivity index (χ4n) is 0.811. The van der Waals surface area contributed by atoms with E-state index in [2.05, 4.69) is 17.4 Å². The quantitative estimate of drug-likeness (QED) is 0.501. The summed E-state index contributed by atoms with van der Waals surface area (Å²) in [6, 6.07) is 0. The Hall–Kier alpha value is -0.180. The van der Waals surface area contributed by atoms with Crippen LogP contribution in [0.2, 0.25) is 0 Å². The van der Waals surface area contributed by atoms with Gasteiger partial charge in [0.1, 0.15) is 0 Å². The number of hydrogen-bond donors (Lipinski definition) is 1. The lowest BCUT2D eigenvalue weighted by atomic mass is 10.0. The first-order chi connectivity index (χ1) is 4.76. The van der Waals surface area contributed by atoms with Crippen LogP contribution in [0, 0.1) is 5.92 Å². The van der Waals surface area contributed by atoms with Crippen LogP contribution in [0.4, 0.5) is 0 Å². The number of esters is 1. The van der Waals surface area contributed by atoms with Crippen molar-refractivity contribution < 1.29 is 9.53 Å². The molecule has 10 heavy (non-hydrogen) atoms. The number of thiol groups is 1. The summed E-state index contributed by atoms with van der Waals surface area (Å²) in [5.74, 6) is 0.673. The second-order valence-corrected chi connectivity index (χ2v) is 2.59. The van der Waals surface area contributed by atoms with Crippen LogP contribution < -0.4 is 0 Å². The van der Waals surface area contributed by atoms with Crippen molar-refractivity contribution in [1.82, 2.24) is 0 Å². The highest BCUT2D eigenvalue weighted by atomic mass is 32.1. The van der Waals surface area contributed by atoms with E-state index < -0.39 is 0 Å². The molecule has 0 fully saturated rings. The predicted molar refractivity (Wildman–Crippen MR) is 44.3 cm³/mol. The Balaban J connectivity index is 3.68. The Morgan fingerprint density at radius 1 is 1.70 bits per heavy atom. The molecule has 1 unspecified atom stereocenters. The van der Waals surface area contributed by atoms with Gasteiger partial charge in [-0.25, -0.2) is 0 Å². The molecule has 0 amide bonds. The van der Waals surface area contributed by atoms with Crippen LogP contribution in [-0.2, 0) is 9.53 Å². The second kappa shape index (κ2) is 5.59. The Morgan fingerprint density at radius 3 is 2.60 bits per heavy atom. The van der Waals surface area contributed by atoms with Crippen molar-refractivity contribution in [2.75, 3.05) is 12.9 Å². The van der Waals surface area contributed by atoms with Crippen molar-refractivity contribution in [3.8, 4) is 0 Å². The number of carbonyl (C=O) groups is 1. The van der Waals surface area contributed by atoms with Gasteiger partial charge in [0, 0.05) is 0 Å². The number of methoxy groups -OCH3 is 1. The minimum atomic E-state index is -0.114. The van der Waals surface area contributed by atoms with Crippen LogP contribution >= 0.6 is 12.6 Å². The SMILES string of the molecule is CCC(CCS)C(=O)OC. The van der Waals surface area contributed by atoms with Crippen LogP contribution in [0.15, 0.2) is 0 Å². The third-order valence-electron chi connectivity index (χ3n) is 1.50. The molecule has 0 aliphatic carbocycles. The first-order valence-electron chi connectivity index (χ1n) is 3.45. The van der Waals surface area contributed by atoms with E-state index in [-0.39, 0.29) is 11.9 Å². The molecule has 1 atom stereocenters. The van der Waals surface area contributed by atoms with Crippen molar-refractivity contribution in [2.45, 2.75) is 19.8 Å². The van der Waals surface area contributed by atoms with Crippen molar-refractivity contribution in [3.63, 3.8) is 0 Å². The molecule has 60 valence electrons. The van der Waals surface area contributed by atoms with Crippen molar-refractivity contribution >= 4 is 18.6 Å². The molecule has 3 heteroatoms. The van der Waals surface area contributed by atoms with Gasteiger partial charge in [0.05, 0.1) is 13.0 Å². The average molecular weight is 162 g/mol. The van der Waals surface area contributed by atoms with E-state index in [1.54, 1.807) is 0 Å². The van der Waals surface area contributed by atoms with Gasteiger partial charge in [-0.05, 0) is 18.6 Å². The number of rotatable bonds is 4. The average Bonchev–Trinajstić information content (AvgIpc) is 1.99. The normalized spacial score (nSPS) is 12.7. The summed E-state index contributed by atoms with van der Waals surface area (Å²) in [6.07, 6.45) is 1.65. The van der Waals surface area contributed by atoms with E-state index in [1.165, 1.54) is 7.11 Å². The van der Waals surface area contributed by atoms with Gasteiger partial charge in [0.15, 0.2) is 0 Å². The molecule has 0 aromatic heterocycles. The molecule has 0 rings (SSSR count). The van der Waals surface area contributed by atoms with Gasteiger partial charge in [0.2, 0.25) is 0 Å². The zero-order valence-corrected chi connectivity index (χ0v) is 7.36. The lowest BCUT2D eigenvalue weighted by Gasteiger charge is -2.09. The third kappa shape index (κ3) is 3.11. The van der Waals surface area contributed by atoms with Gasteiger partial charge in [0.25, 0.3) is 0 Å². The van der Waals surface area contributed by atoms with E-state index in [9.17, 15) is 4.79 Å². The lowest BCUT2D eigenvalue weighted by Crippen LogP contribution is -2.15. The van der Waals surface area contributed by atoms with E-state index >= 15 is 0 Å². The fourth-order valence-corrected chi connectivity index (χ4v) is 1.12. The maximum Gasteiger partial charge on any atom is 0.308 e. The van der Waals surface area contributed by atoms with Crippen molar-refractivity contribution in [1.29, 1.82) is 0 Å².